The van der Waals surface area contributed by atoms with Gasteiger partial charge in [0.25, 0.3) is 20.2 Å². The fourth-order valence-corrected chi connectivity index (χ4v) is 5.83. The molecule has 258 valence electrons. The van der Waals surface area contributed by atoms with Gasteiger partial charge in [-0.2, -0.15) is 16.8 Å². The molecule has 0 fully saturated rings. The topological polar surface area (TPSA) is 124 Å². The number of hydrogen-bond acceptors (Lipinski definition) is 10. The molecule has 48 heavy (non-hydrogen) atoms. The summed E-state index contributed by atoms with van der Waals surface area (Å²) in [7, 11) is -7.95. The number of rotatable bonds is 21. The summed E-state index contributed by atoms with van der Waals surface area (Å²) in [6.45, 7) is -0.264. The van der Waals surface area contributed by atoms with Crippen molar-refractivity contribution in [3.05, 3.63) is 144 Å². The van der Waals surface area contributed by atoms with Gasteiger partial charge in [0.1, 0.15) is 24.4 Å². The summed E-state index contributed by atoms with van der Waals surface area (Å²) in [5.74, 6) is 0. The number of benzene rings is 4. The van der Waals surface area contributed by atoms with Gasteiger partial charge in [0, 0.05) is 0 Å². The van der Waals surface area contributed by atoms with E-state index in [1.165, 1.54) is 0 Å². The molecule has 0 aliphatic heterocycles. The van der Waals surface area contributed by atoms with Crippen LogP contribution in [0, 0.1) is 0 Å². The van der Waals surface area contributed by atoms with Gasteiger partial charge in [0.2, 0.25) is 0 Å². The Kier molecular flexibility index (Phi) is 14.7. The molecule has 0 heterocycles. The van der Waals surface area contributed by atoms with Crippen molar-refractivity contribution in [2.45, 2.75) is 50.8 Å². The monoisotopic (exact) mass is 698 g/mol. The van der Waals surface area contributed by atoms with Crippen molar-refractivity contribution in [3.8, 4) is 0 Å². The van der Waals surface area contributed by atoms with E-state index in [4.69, 9.17) is 27.3 Å². The molecule has 0 radical (unpaired) electrons. The third kappa shape index (κ3) is 14.0. The first-order chi connectivity index (χ1) is 23.1. The van der Waals surface area contributed by atoms with Crippen molar-refractivity contribution in [1.82, 2.24) is 0 Å². The van der Waals surface area contributed by atoms with Crippen molar-refractivity contribution in [2.75, 3.05) is 25.7 Å². The van der Waals surface area contributed by atoms with Crippen LogP contribution in [0.4, 0.5) is 0 Å². The Balaban J connectivity index is 1.73. The van der Waals surface area contributed by atoms with E-state index >= 15 is 0 Å². The van der Waals surface area contributed by atoms with E-state index in [-0.39, 0.29) is 33.0 Å². The molecular formula is C36H42O10S2. The lowest BCUT2D eigenvalue weighted by Crippen LogP contribution is -2.52. The van der Waals surface area contributed by atoms with Gasteiger partial charge < -0.3 is 18.9 Å². The first kappa shape index (κ1) is 37.4. The van der Waals surface area contributed by atoms with Gasteiger partial charge in [-0.15, -0.1) is 0 Å². The quantitative estimate of drug-likeness (QED) is 0.106. The molecule has 0 saturated heterocycles. The first-order valence-electron chi connectivity index (χ1n) is 15.4. The zero-order valence-corrected chi connectivity index (χ0v) is 28.6. The summed E-state index contributed by atoms with van der Waals surface area (Å²) in [5.41, 5.74) is 3.32. The summed E-state index contributed by atoms with van der Waals surface area (Å²) < 4.78 is 86.0. The van der Waals surface area contributed by atoms with Gasteiger partial charge >= 0.3 is 0 Å². The molecular weight excluding hydrogens is 657 g/mol. The fourth-order valence-electron chi connectivity index (χ4n) is 4.84. The Hall–Kier alpha value is -3.46. The van der Waals surface area contributed by atoms with Gasteiger partial charge in [-0.1, -0.05) is 121 Å². The molecule has 4 aromatic carbocycles. The molecule has 12 heteroatoms. The van der Waals surface area contributed by atoms with Gasteiger partial charge in [0.05, 0.1) is 52.2 Å². The van der Waals surface area contributed by atoms with E-state index in [1.807, 2.05) is 121 Å². The third-order valence-electron chi connectivity index (χ3n) is 7.07. The molecule has 4 rings (SSSR count). The van der Waals surface area contributed by atoms with Crippen molar-refractivity contribution >= 4 is 20.2 Å². The van der Waals surface area contributed by atoms with Gasteiger partial charge in [-0.05, 0) is 22.3 Å². The van der Waals surface area contributed by atoms with Crippen LogP contribution in [0.5, 0.6) is 0 Å². The second kappa shape index (κ2) is 18.9. The van der Waals surface area contributed by atoms with Crippen LogP contribution in [0.25, 0.3) is 0 Å². The zero-order valence-electron chi connectivity index (χ0n) is 27.0. The van der Waals surface area contributed by atoms with E-state index in [0.717, 1.165) is 34.8 Å². The molecule has 4 aromatic rings. The first-order valence-corrected chi connectivity index (χ1v) is 19.0. The van der Waals surface area contributed by atoms with E-state index < -0.39 is 51.3 Å². The van der Waals surface area contributed by atoms with E-state index in [1.54, 1.807) is 0 Å². The molecule has 1 unspecified atom stereocenters. The molecule has 0 amide bonds. The molecule has 0 spiro atoms. The smallest absolute Gasteiger partial charge is 0.264 e. The minimum absolute atomic E-state index is 0.0529. The molecule has 0 saturated carbocycles. The Morgan fingerprint density at radius 1 is 0.458 bits per heavy atom. The summed E-state index contributed by atoms with van der Waals surface area (Å²) in [5, 5.41) is 0. The maximum atomic E-state index is 12.7. The van der Waals surface area contributed by atoms with Gasteiger partial charge in [-0.25, -0.2) is 0 Å². The lowest BCUT2D eigenvalue weighted by atomic mass is 10.0. The normalized spacial score (nSPS) is 14.6. The lowest BCUT2D eigenvalue weighted by Gasteiger charge is -2.37. The predicted molar refractivity (Wildman–Crippen MR) is 182 cm³/mol. The highest BCUT2D eigenvalue weighted by molar-refractivity contribution is 7.86. The van der Waals surface area contributed by atoms with Crippen molar-refractivity contribution in [1.29, 1.82) is 0 Å². The van der Waals surface area contributed by atoms with E-state index in [2.05, 4.69) is 0 Å². The Bertz CT molecular complexity index is 1690. The predicted octanol–water partition coefficient (Wildman–Crippen LogP) is 5.28. The highest BCUT2D eigenvalue weighted by atomic mass is 32.2. The molecule has 0 N–H and O–H groups in total. The van der Waals surface area contributed by atoms with E-state index in [9.17, 15) is 16.8 Å². The average Bonchev–Trinajstić information content (AvgIpc) is 3.07. The average molecular weight is 699 g/mol. The Labute approximate surface area is 283 Å². The van der Waals surface area contributed by atoms with Crippen LogP contribution in [-0.4, -0.2) is 67.0 Å². The molecule has 0 aromatic heterocycles. The molecule has 0 aliphatic carbocycles. The Morgan fingerprint density at radius 2 is 0.833 bits per heavy atom. The summed E-state index contributed by atoms with van der Waals surface area (Å²) in [6, 6.07) is 37.4. The second-order valence-electron chi connectivity index (χ2n) is 11.2. The minimum atomic E-state index is -4.05. The molecule has 0 aliphatic rings. The van der Waals surface area contributed by atoms with Crippen LogP contribution in [0.3, 0.4) is 0 Å². The van der Waals surface area contributed by atoms with Crippen molar-refractivity contribution in [2.24, 2.45) is 0 Å². The fraction of sp³-hybridized carbons (Fsp3) is 0.333. The highest BCUT2D eigenvalue weighted by Gasteiger charge is 2.41. The molecule has 0 bridgehead atoms. The van der Waals surface area contributed by atoms with Crippen LogP contribution in [0.15, 0.2) is 121 Å². The summed E-state index contributed by atoms with van der Waals surface area (Å²) in [4.78, 5) is 0. The molecule has 10 nitrogen and oxygen atoms in total. The molecule has 4 atom stereocenters. The van der Waals surface area contributed by atoms with Crippen LogP contribution in [0.1, 0.15) is 22.3 Å². The highest BCUT2D eigenvalue weighted by Crippen LogP contribution is 2.24. The van der Waals surface area contributed by atoms with Crippen LogP contribution in [0.2, 0.25) is 0 Å². The standard InChI is InChI=1S/C36H42O10S2/c1-47(37,38)45-28-33(42-24-30-17-9-4-10-18-30)35(43-25-31-19-11-5-12-20-31)36(44-26-32-21-13-6-14-22-32)34(46-48(2,39)40)27-41-23-29-15-7-3-8-16-29/h3-22,33-36H,23-28H2,1-2H3/t33-,34?,35+,36+/m0/s1. The van der Waals surface area contributed by atoms with E-state index in [0.29, 0.717) is 0 Å². The maximum Gasteiger partial charge on any atom is 0.264 e. The van der Waals surface area contributed by atoms with Gasteiger partial charge in [0.15, 0.2) is 0 Å². The number of ether oxygens (including phenoxy) is 4. The zero-order chi connectivity index (χ0) is 34.2. The lowest BCUT2D eigenvalue weighted by molar-refractivity contribution is -0.187. The summed E-state index contributed by atoms with van der Waals surface area (Å²) in [6.07, 6.45) is -2.66. The van der Waals surface area contributed by atoms with Crippen LogP contribution >= 0.6 is 0 Å². The summed E-state index contributed by atoms with van der Waals surface area (Å²) >= 11 is 0. The van der Waals surface area contributed by atoms with Crippen LogP contribution < -0.4 is 0 Å². The maximum absolute atomic E-state index is 12.7. The Morgan fingerprint density at radius 3 is 1.23 bits per heavy atom. The number of hydrogen-bond donors (Lipinski definition) is 0. The second-order valence-corrected chi connectivity index (χ2v) is 14.4. The minimum Gasteiger partial charge on any atom is -0.374 e. The van der Waals surface area contributed by atoms with Crippen LogP contribution in [-0.2, 0) is 74.0 Å². The van der Waals surface area contributed by atoms with Gasteiger partial charge in [-0.3, -0.25) is 8.37 Å². The third-order valence-corrected chi connectivity index (χ3v) is 8.23. The largest absolute Gasteiger partial charge is 0.374 e. The SMILES string of the molecule is CS(=O)(=O)OC[C@H](OCc1ccccc1)[C@@H](OCc1ccccc1)[C@H](OCc1ccccc1)C(COCc1ccccc1)OS(C)(=O)=O. The van der Waals surface area contributed by atoms with Crippen molar-refractivity contribution < 1.29 is 44.1 Å². The van der Waals surface area contributed by atoms with Crippen molar-refractivity contribution in [3.63, 3.8) is 0 Å².